The van der Waals surface area contributed by atoms with E-state index in [0.29, 0.717) is 5.41 Å². The average Bonchev–Trinajstić information content (AvgIpc) is 2.55. The molecule has 3 heteroatoms. The molecule has 0 radical (unpaired) electrons. The van der Waals surface area contributed by atoms with Crippen LogP contribution in [0.15, 0.2) is 28.7 Å². The fraction of sp³-hybridized carbons (Fsp3) is 0.571. The fourth-order valence-corrected chi connectivity index (χ4v) is 3.22. The van der Waals surface area contributed by atoms with Gasteiger partial charge in [-0.2, -0.15) is 0 Å². The topological polar surface area (TPSA) is 32.3 Å². The molecule has 2 nitrogen and oxygen atoms in total. The van der Waals surface area contributed by atoms with Crippen LogP contribution in [-0.2, 0) is 0 Å². The molecule has 2 N–H and O–H groups in total. The second-order valence-corrected chi connectivity index (χ2v) is 6.83. The molecule has 1 fully saturated rings. The highest BCUT2D eigenvalue weighted by molar-refractivity contribution is 9.10. The fourth-order valence-electron chi connectivity index (χ4n) is 2.82. The van der Waals surface area contributed by atoms with Crippen molar-refractivity contribution < 1.29 is 5.11 Å². The van der Waals surface area contributed by atoms with E-state index in [9.17, 15) is 5.11 Å². The summed E-state index contributed by atoms with van der Waals surface area (Å²) < 4.78 is 1.06. The summed E-state index contributed by atoms with van der Waals surface area (Å²) in [4.78, 5) is 0. The van der Waals surface area contributed by atoms with Gasteiger partial charge in [0.05, 0.1) is 12.1 Å². The summed E-state index contributed by atoms with van der Waals surface area (Å²) in [5, 5.41) is 13.2. The number of benzene rings is 1. The third kappa shape index (κ3) is 3.02. The van der Waals surface area contributed by atoms with Crippen molar-refractivity contribution in [3.05, 3.63) is 28.7 Å². The quantitative estimate of drug-likeness (QED) is 0.889. The molecule has 0 heterocycles. The third-order valence-corrected chi connectivity index (χ3v) is 4.13. The molecule has 1 aromatic carbocycles. The number of halogens is 1. The van der Waals surface area contributed by atoms with E-state index in [1.54, 1.807) is 0 Å². The highest BCUT2D eigenvalue weighted by atomic mass is 79.9. The third-order valence-electron chi connectivity index (χ3n) is 3.63. The summed E-state index contributed by atoms with van der Waals surface area (Å²) in [6, 6.07) is 8.13. The van der Waals surface area contributed by atoms with Gasteiger partial charge >= 0.3 is 0 Å². The number of nitrogens with one attached hydrogen (secondary N) is 1. The van der Waals surface area contributed by atoms with Crippen LogP contribution in [0.25, 0.3) is 0 Å². The van der Waals surface area contributed by atoms with Gasteiger partial charge in [0.15, 0.2) is 0 Å². The number of aliphatic hydroxyl groups excluding tert-OH is 1. The molecular weight excluding hydrogens is 278 g/mol. The van der Waals surface area contributed by atoms with Gasteiger partial charge in [-0.1, -0.05) is 35.8 Å². The Morgan fingerprint density at radius 2 is 2.12 bits per heavy atom. The Morgan fingerprint density at radius 1 is 1.35 bits per heavy atom. The molecule has 1 saturated carbocycles. The molecule has 1 aromatic rings. The first kappa shape index (κ1) is 12.9. The maximum Gasteiger partial charge on any atom is 0.0661 e. The zero-order valence-corrected chi connectivity index (χ0v) is 12.0. The number of hydrogen-bond acceptors (Lipinski definition) is 2. The van der Waals surface area contributed by atoms with E-state index in [1.807, 2.05) is 18.2 Å². The Labute approximate surface area is 112 Å². The maximum atomic E-state index is 9.71. The molecule has 94 valence electrons. The average molecular weight is 298 g/mol. The molecular formula is C14H20BrNO. The zero-order chi connectivity index (χ0) is 12.5. The van der Waals surface area contributed by atoms with Crippen molar-refractivity contribution in [1.82, 2.24) is 0 Å². The standard InChI is InChI=1S/C14H20BrNO/c1-13(2)6-7-14(9-13,10-17)16-12-5-3-4-11(15)8-12/h3-5,8,16-17H,6-7,9-10H2,1-2H3. The Balaban J connectivity index is 2.16. The molecule has 2 rings (SSSR count). The lowest BCUT2D eigenvalue weighted by atomic mass is 9.88. The molecule has 0 spiro atoms. The first-order chi connectivity index (χ1) is 7.95. The smallest absolute Gasteiger partial charge is 0.0661 e. The highest BCUT2D eigenvalue weighted by Crippen LogP contribution is 2.45. The minimum Gasteiger partial charge on any atom is -0.394 e. The Bertz CT molecular complexity index is 405. The van der Waals surface area contributed by atoms with E-state index in [1.165, 1.54) is 0 Å². The lowest BCUT2D eigenvalue weighted by Crippen LogP contribution is -2.40. The van der Waals surface area contributed by atoms with Gasteiger partial charge in [0.25, 0.3) is 0 Å². The molecule has 1 aliphatic carbocycles. The predicted octanol–water partition coefficient (Wildman–Crippen LogP) is 3.80. The minimum absolute atomic E-state index is 0.149. The Kier molecular flexibility index (Phi) is 3.50. The normalized spacial score (nSPS) is 27.1. The molecule has 1 atom stereocenters. The first-order valence-corrected chi connectivity index (χ1v) is 6.89. The van der Waals surface area contributed by atoms with Gasteiger partial charge in [-0.25, -0.2) is 0 Å². The van der Waals surface area contributed by atoms with Crippen LogP contribution >= 0.6 is 15.9 Å². The van der Waals surface area contributed by atoms with E-state index >= 15 is 0 Å². The van der Waals surface area contributed by atoms with E-state index in [2.05, 4.69) is 41.2 Å². The van der Waals surface area contributed by atoms with E-state index in [4.69, 9.17) is 0 Å². The van der Waals surface area contributed by atoms with Crippen LogP contribution in [0.1, 0.15) is 33.1 Å². The number of anilines is 1. The summed E-state index contributed by atoms with van der Waals surface area (Å²) >= 11 is 3.47. The molecule has 1 unspecified atom stereocenters. The van der Waals surface area contributed by atoms with Gasteiger partial charge in [-0.15, -0.1) is 0 Å². The van der Waals surface area contributed by atoms with Crippen LogP contribution in [0.4, 0.5) is 5.69 Å². The van der Waals surface area contributed by atoms with E-state index in [-0.39, 0.29) is 12.1 Å². The zero-order valence-electron chi connectivity index (χ0n) is 10.5. The number of hydrogen-bond donors (Lipinski definition) is 2. The van der Waals surface area contributed by atoms with Gasteiger partial charge in [-0.05, 0) is 42.9 Å². The van der Waals surface area contributed by atoms with Crippen LogP contribution in [-0.4, -0.2) is 17.3 Å². The lowest BCUT2D eigenvalue weighted by molar-refractivity contribution is 0.202. The number of aliphatic hydroxyl groups is 1. The summed E-state index contributed by atoms with van der Waals surface area (Å²) in [6.45, 7) is 4.74. The predicted molar refractivity (Wildman–Crippen MR) is 75.2 cm³/mol. The van der Waals surface area contributed by atoms with Crippen molar-refractivity contribution in [2.24, 2.45) is 5.41 Å². The largest absolute Gasteiger partial charge is 0.394 e. The highest BCUT2D eigenvalue weighted by Gasteiger charge is 2.42. The van der Waals surface area contributed by atoms with E-state index < -0.39 is 0 Å². The van der Waals surface area contributed by atoms with Gasteiger partial charge in [0, 0.05) is 10.2 Å². The van der Waals surface area contributed by atoms with Gasteiger partial charge in [0.2, 0.25) is 0 Å². The van der Waals surface area contributed by atoms with Crippen molar-refractivity contribution in [2.45, 2.75) is 38.6 Å². The molecule has 0 amide bonds. The van der Waals surface area contributed by atoms with Gasteiger partial charge in [-0.3, -0.25) is 0 Å². The van der Waals surface area contributed by atoms with Crippen molar-refractivity contribution in [1.29, 1.82) is 0 Å². The summed E-state index contributed by atoms with van der Waals surface area (Å²) in [5.74, 6) is 0. The van der Waals surface area contributed by atoms with Crippen molar-refractivity contribution in [3.8, 4) is 0 Å². The first-order valence-electron chi connectivity index (χ1n) is 6.09. The molecule has 0 saturated heterocycles. The minimum atomic E-state index is -0.149. The monoisotopic (exact) mass is 297 g/mol. The molecule has 1 aliphatic rings. The van der Waals surface area contributed by atoms with Crippen LogP contribution < -0.4 is 5.32 Å². The van der Waals surface area contributed by atoms with Crippen LogP contribution in [0.2, 0.25) is 0 Å². The summed E-state index contributed by atoms with van der Waals surface area (Å²) in [5.41, 5.74) is 1.25. The summed E-state index contributed by atoms with van der Waals surface area (Å²) in [6.07, 6.45) is 3.21. The molecule has 0 aliphatic heterocycles. The second kappa shape index (κ2) is 4.62. The van der Waals surface area contributed by atoms with Crippen molar-refractivity contribution >= 4 is 21.6 Å². The van der Waals surface area contributed by atoms with E-state index in [0.717, 1.165) is 29.4 Å². The maximum absolute atomic E-state index is 9.71. The second-order valence-electron chi connectivity index (χ2n) is 5.91. The van der Waals surface area contributed by atoms with Crippen molar-refractivity contribution in [2.75, 3.05) is 11.9 Å². The van der Waals surface area contributed by atoms with Crippen LogP contribution in [0.3, 0.4) is 0 Å². The Hall–Kier alpha value is -0.540. The lowest BCUT2D eigenvalue weighted by Gasteiger charge is -2.31. The van der Waals surface area contributed by atoms with Crippen LogP contribution in [0, 0.1) is 5.41 Å². The molecule has 0 aromatic heterocycles. The van der Waals surface area contributed by atoms with Gasteiger partial charge < -0.3 is 10.4 Å². The Morgan fingerprint density at radius 3 is 2.65 bits per heavy atom. The molecule has 17 heavy (non-hydrogen) atoms. The van der Waals surface area contributed by atoms with Crippen LogP contribution in [0.5, 0.6) is 0 Å². The number of rotatable bonds is 3. The van der Waals surface area contributed by atoms with Crippen molar-refractivity contribution in [3.63, 3.8) is 0 Å². The SMILES string of the molecule is CC1(C)CCC(CO)(Nc2cccc(Br)c2)C1. The van der Waals surface area contributed by atoms with Gasteiger partial charge in [0.1, 0.15) is 0 Å². The molecule has 0 bridgehead atoms. The summed E-state index contributed by atoms with van der Waals surface area (Å²) in [7, 11) is 0.